The summed E-state index contributed by atoms with van der Waals surface area (Å²) in [7, 11) is -3.40. The van der Waals surface area contributed by atoms with Crippen LogP contribution in [0.2, 0.25) is 0 Å². The average Bonchev–Trinajstić information content (AvgIpc) is 3.08. The summed E-state index contributed by atoms with van der Waals surface area (Å²) in [5.74, 6) is -0.580. The van der Waals surface area contributed by atoms with Gasteiger partial charge in [0.15, 0.2) is 15.0 Å². The number of aromatic nitrogens is 1. The number of nitrogens with one attached hydrogen (secondary N) is 1. The summed E-state index contributed by atoms with van der Waals surface area (Å²) in [6.07, 6.45) is 1.10. The van der Waals surface area contributed by atoms with Gasteiger partial charge in [-0.15, -0.1) is 11.3 Å². The molecule has 0 saturated heterocycles. The zero-order valence-corrected chi connectivity index (χ0v) is 17.4. The topological polar surface area (TPSA) is 85.4 Å². The van der Waals surface area contributed by atoms with Gasteiger partial charge < -0.3 is 10.1 Å². The number of benzene rings is 2. The molecule has 3 rings (SSSR count). The van der Waals surface area contributed by atoms with Gasteiger partial charge in [0, 0.05) is 17.3 Å². The number of carbonyl (C=O) groups is 1. The fourth-order valence-electron chi connectivity index (χ4n) is 2.46. The molecule has 0 saturated carbocycles. The van der Waals surface area contributed by atoms with Crippen molar-refractivity contribution in [3.8, 4) is 0 Å². The van der Waals surface area contributed by atoms with Crippen molar-refractivity contribution in [3.05, 3.63) is 70.2 Å². The second-order valence-corrected chi connectivity index (χ2v) is 9.33. The van der Waals surface area contributed by atoms with Crippen molar-refractivity contribution in [2.45, 2.75) is 25.3 Å². The number of sulfone groups is 1. The van der Waals surface area contributed by atoms with E-state index in [0.717, 1.165) is 11.9 Å². The number of rotatable bonds is 6. The van der Waals surface area contributed by atoms with Crippen LogP contribution in [0.3, 0.4) is 0 Å². The van der Waals surface area contributed by atoms with E-state index in [1.54, 1.807) is 13.0 Å². The van der Waals surface area contributed by atoms with E-state index < -0.39 is 15.8 Å². The lowest BCUT2D eigenvalue weighted by atomic mass is 10.1. The van der Waals surface area contributed by atoms with Crippen molar-refractivity contribution in [2.75, 3.05) is 11.6 Å². The fraction of sp³-hybridized carbons (Fsp3) is 0.200. The number of anilines is 2. The minimum absolute atomic E-state index is 0.00739. The van der Waals surface area contributed by atoms with Gasteiger partial charge in [-0.2, -0.15) is 0 Å². The van der Waals surface area contributed by atoms with Crippen molar-refractivity contribution in [2.24, 2.45) is 0 Å². The molecule has 1 heterocycles. The van der Waals surface area contributed by atoms with Crippen LogP contribution in [0.15, 0.2) is 52.7 Å². The third kappa shape index (κ3) is 4.96. The van der Waals surface area contributed by atoms with Crippen LogP contribution in [-0.4, -0.2) is 25.6 Å². The molecule has 0 aliphatic heterocycles. The van der Waals surface area contributed by atoms with E-state index in [2.05, 4.69) is 10.3 Å². The van der Waals surface area contributed by atoms with Crippen molar-refractivity contribution in [3.63, 3.8) is 0 Å². The van der Waals surface area contributed by atoms with E-state index in [9.17, 15) is 13.2 Å². The molecule has 0 atom stereocenters. The van der Waals surface area contributed by atoms with Gasteiger partial charge in [-0.3, -0.25) is 0 Å². The van der Waals surface area contributed by atoms with Crippen LogP contribution in [0.5, 0.6) is 0 Å². The van der Waals surface area contributed by atoms with Crippen LogP contribution in [-0.2, 0) is 21.2 Å². The van der Waals surface area contributed by atoms with Crippen LogP contribution >= 0.6 is 11.3 Å². The lowest BCUT2D eigenvalue weighted by molar-refractivity contribution is 0.0467. The Bertz CT molecular complexity index is 1100. The third-order valence-electron chi connectivity index (χ3n) is 4.06. The number of hydrogen-bond acceptors (Lipinski definition) is 7. The predicted octanol–water partition coefficient (Wildman–Crippen LogP) is 4.26. The summed E-state index contributed by atoms with van der Waals surface area (Å²) < 4.78 is 28.7. The lowest BCUT2D eigenvalue weighted by Gasteiger charge is -2.08. The van der Waals surface area contributed by atoms with Gasteiger partial charge in [0.1, 0.15) is 6.61 Å². The monoisotopic (exact) mass is 416 g/mol. The Balaban J connectivity index is 1.65. The summed E-state index contributed by atoms with van der Waals surface area (Å²) in [6, 6.07) is 12.4. The van der Waals surface area contributed by atoms with E-state index in [0.29, 0.717) is 16.4 Å². The van der Waals surface area contributed by atoms with Gasteiger partial charge in [-0.1, -0.05) is 23.8 Å². The molecule has 0 radical (unpaired) electrons. The maximum absolute atomic E-state index is 12.4. The summed E-state index contributed by atoms with van der Waals surface area (Å²) in [4.78, 5) is 16.9. The van der Waals surface area contributed by atoms with E-state index in [1.807, 2.05) is 36.6 Å². The Hall–Kier alpha value is -2.71. The largest absolute Gasteiger partial charge is 0.456 e. The molecular weight excluding hydrogens is 396 g/mol. The first kappa shape index (κ1) is 20.0. The molecule has 0 aliphatic rings. The highest BCUT2D eigenvalue weighted by molar-refractivity contribution is 7.90. The van der Waals surface area contributed by atoms with Crippen LogP contribution in [0.25, 0.3) is 0 Å². The minimum atomic E-state index is -3.40. The molecule has 1 aromatic heterocycles. The molecule has 28 heavy (non-hydrogen) atoms. The van der Waals surface area contributed by atoms with Gasteiger partial charge in [-0.05, 0) is 43.7 Å². The fourth-order valence-corrected chi connectivity index (χ4v) is 3.82. The van der Waals surface area contributed by atoms with Crippen LogP contribution in [0.1, 0.15) is 27.2 Å². The van der Waals surface area contributed by atoms with Crippen LogP contribution in [0, 0.1) is 13.8 Å². The molecule has 6 nitrogen and oxygen atoms in total. The zero-order chi connectivity index (χ0) is 20.3. The quantitative estimate of drug-likeness (QED) is 0.604. The predicted molar refractivity (Wildman–Crippen MR) is 110 cm³/mol. The summed E-state index contributed by atoms with van der Waals surface area (Å²) >= 11 is 1.41. The highest BCUT2D eigenvalue weighted by Gasteiger charge is 2.16. The van der Waals surface area contributed by atoms with E-state index >= 15 is 0 Å². The summed E-state index contributed by atoms with van der Waals surface area (Å²) in [6.45, 7) is 3.76. The van der Waals surface area contributed by atoms with E-state index in [4.69, 9.17) is 4.74 Å². The zero-order valence-electron chi connectivity index (χ0n) is 15.7. The molecule has 3 aromatic rings. The first-order valence-electron chi connectivity index (χ1n) is 8.48. The van der Waals surface area contributed by atoms with Crippen molar-refractivity contribution >= 4 is 38.0 Å². The Kier molecular flexibility index (Phi) is 5.81. The number of aryl methyl sites for hydroxylation is 2. The Morgan fingerprint density at radius 1 is 1.14 bits per heavy atom. The molecule has 0 amide bonds. The highest BCUT2D eigenvalue weighted by atomic mass is 32.2. The molecule has 2 aromatic carbocycles. The van der Waals surface area contributed by atoms with Crippen LogP contribution < -0.4 is 5.32 Å². The van der Waals surface area contributed by atoms with Gasteiger partial charge in [-0.25, -0.2) is 18.2 Å². The van der Waals surface area contributed by atoms with Crippen molar-refractivity contribution in [1.82, 2.24) is 4.98 Å². The molecule has 8 heteroatoms. The second-order valence-electron chi connectivity index (χ2n) is 6.46. The highest BCUT2D eigenvalue weighted by Crippen LogP contribution is 2.22. The second kappa shape index (κ2) is 8.12. The van der Waals surface area contributed by atoms with Crippen molar-refractivity contribution in [1.29, 1.82) is 0 Å². The summed E-state index contributed by atoms with van der Waals surface area (Å²) in [5, 5.41) is 5.71. The number of ether oxygens (including phenoxy) is 1. The molecule has 146 valence electrons. The lowest BCUT2D eigenvalue weighted by Crippen LogP contribution is -2.09. The standard InChI is InChI=1S/C20H20N2O4S2/c1-13-4-7-15(8-5-13)21-20-22-16(12-27-20)11-26-19(23)18-10-17(28(3,24)25)9-6-14(18)2/h4-10,12H,11H2,1-3H3,(H,21,22). The molecule has 1 N–H and O–H groups in total. The third-order valence-corrected chi connectivity index (χ3v) is 5.98. The minimum Gasteiger partial charge on any atom is -0.456 e. The van der Waals surface area contributed by atoms with Crippen LogP contribution in [0.4, 0.5) is 10.8 Å². The number of thiazole rings is 1. The number of hydrogen-bond donors (Lipinski definition) is 1. The average molecular weight is 417 g/mol. The van der Waals surface area contributed by atoms with Gasteiger partial charge in [0.25, 0.3) is 0 Å². The van der Waals surface area contributed by atoms with Gasteiger partial charge in [0.05, 0.1) is 16.2 Å². The first-order chi connectivity index (χ1) is 13.2. The van der Waals surface area contributed by atoms with Gasteiger partial charge >= 0.3 is 5.97 Å². The first-order valence-corrected chi connectivity index (χ1v) is 11.3. The molecule has 0 aliphatic carbocycles. The molecule has 0 fully saturated rings. The SMILES string of the molecule is Cc1ccc(Nc2nc(COC(=O)c3cc(S(C)(=O)=O)ccc3C)cs2)cc1. The van der Waals surface area contributed by atoms with E-state index in [1.165, 1.54) is 29.0 Å². The smallest absolute Gasteiger partial charge is 0.338 e. The maximum atomic E-state index is 12.4. The molecule has 0 bridgehead atoms. The van der Waals surface area contributed by atoms with Gasteiger partial charge in [0.2, 0.25) is 0 Å². The number of esters is 1. The normalized spacial score (nSPS) is 11.2. The maximum Gasteiger partial charge on any atom is 0.338 e. The summed E-state index contributed by atoms with van der Waals surface area (Å²) in [5.41, 5.74) is 3.60. The number of carbonyl (C=O) groups excluding carboxylic acids is 1. The Morgan fingerprint density at radius 3 is 2.54 bits per heavy atom. The molecule has 0 spiro atoms. The molecule has 0 unspecified atom stereocenters. The Morgan fingerprint density at radius 2 is 1.86 bits per heavy atom. The molecular formula is C20H20N2O4S2. The van der Waals surface area contributed by atoms with Crippen molar-refractivity contribution < 1.29 is 17.9 Å². The number of nitrogens with zero attached hydrogens (tertiary/aromatic N) is 1. The van der Waals surface area contributed by atoms with E-state index in [-0.39, 0.29) is 17.1 Å². The Labute approximate surface area is 168 Å².